The summed E-state index contributed by atoms with van der Waals surface area (Å²) in [6.07, 6.45) is 5.15. The van der Waals surface area contributed by atoms with Crippen LogP contribution in [0.4, 0.5) is 5.69 Å². The fourth-order valence-electron chi connectivity index (χ4n) is 4.95. The van der Waals surface area contributed by atoms with Crippen molar-refractivity contribution in [2.45, 2.75) is 57.9 Å². The van der Waals surface area contributed by atoms with Crippen LogP contribution in [0, 0.1) is 0 Å². The lowest BCUT2D eigenvalue weighted by atomic mass is 9.78. The average molecular weight is 422 g/mol. The first-order valence-electron chi connectivity index (χ1n) is 11.9. The van der Waals surface area contributed by atoms with Gasteiger partial charge < -0.3 is 5.32 Å². The second kappa shape index (κ2) is 8.82. The van der Waals surface area contributed by atoms with Gasteiger partial charge in [0.05, 0.1) is 5.54 Å². The van der Waals surface area contributed by atoms with Gasteiger partial charge in [-0.25, -0.2) is 0 Å². The van der Waals surface area contributed by atoms with Crippen molar-refractivity contribution < 1.29 is 0 Å². The second-order valence-electron chi connectivity index (χ2n) is 9.15. The lowest BCUT2D eigenvalue weighted by Crippen LogP contribution is -2.34. The molecule has 164 valence electrons. The number of hydrogen-bond acceptors (Lipinski definition) is 1. The Bertz CT molecular complexity index is 1230. The van der Waals surface area contributed by atoms with Crippen LogP contribution in [0.2, 0.25) is 0 Å². The van der Waals surface area contributed by atoms with Crippen LogP contribution in [0.5, 0.6) is 0 Å². The molecule has 0 heterocycles. The summed E-state index contributed by atoms with van der Waals surface area (Å²) >= 11 is 0. The molecule has 1 atom stereocenters. The zero-order valence-corrected chi connectivity index (χ0v) is 19.9. The first-order chi connectivity index (χ1) is 15.5. The van der Waals surface area contributed by atoms with Crippen LogP contribution in [0.25, 0.3) is 21.5 Å². The van der Waals surface area contributed by atoms with Crippen molar-refractivity contribution in [3.05, 3.63) is 103 Å². The van der Waals surface area contributed by atoms with Crippen molar-refractivity contribution in [2.24, 2.45) is 0 Å². The molecule has 0 fully saturated rings. The molecule has 0 saturated heterocycles. The number of nitrogens with one attached hydrogen (secondary N) is 1. The number of hydrogen-bond donors (Lipinski definition) is 1. The van der Waals surface area contributed by atoms with Gasteiger partial charge in [0.2, 0.25) is 0 Å². The maximum absolute atomic E-state index is 4.08. The molecule has 0 aliphatic heterocycles. The van der Waals surface area contributed by atoms with E-state index in [1.807, 2.05) is 0 Å². The van der Waals surface area contributed by atoms with Crippen LogP contribution in [-0.4, -0.2) is 0 Å². The van der Waals surface area contributed by atoms with E-state index in [9.17, 15) is 0 Å². The maximum atomic E-state index is 4.08. The molecule has 4 aromatic rings. The molecule has 0 spiro atoms. The zero-order chi connectivity index (χ0) is 22.8. The van der Waals surface area contributed by atoms with Gasteiger partial charge in [0.1, 0.15) is 0 Å². The van der Waals surface area contributed by atoms with Gasteiger partial charge in [-0.1, -0.05) is 107 Å². The van der Waals surface area contributed by atoms with Gasteiger partial charge in [0, 0.05) is 16.5 Å². The molecule has 1 heteroatoms. The molecule has 32 heavy (non-hydrogen) atoms. The molecule has 0 aliphatic carbocycles. The largest absolute Gasteiger partial charge is 0.375 e. The van der Waals surface area contributed by atoms with E-state index in [0.29, 0.717) is 0 Å². The molecular formula is C31H35N. The molecule has 1 unspecified atom stereocenters. The van der Waals surface area contributed by atoms with E-state index < -0.39 is 0 Å². The summed E-state index contributed by atoms with van der Waals surface area (Å²) in [7, 11) is 0. The van der Waals surface area contributed by atoms with Crippen molar-refractivity contribution in [1.29, 1.82) is 0 Å². The van der Waals surface area contributed by atoms with E-state index in [1.54, 1.807) is 0 Å². The van der Waals surface area contributed by atoms with Gasteiger partial charge in [-0.05, 0) is 52.6 Å². The van der Waals surface area contributed by atoms with Crippen molar-refractivity contribution in [3.63, 3.8) is 0 Å². The van der Waals surface area contributed by atoms with Crippen molar-refractivity contribution in [3.8, 4) is 0 Å². The molecular weight excluding hydrogens is 386 g/mol. The standard InChI is InChI=1S/C31H35N/c1-6-30(5,7-2)24-18-20-25(21-19-24)31(8-3,9-4)32-29-16-12-15-27-26-14-11-10-13-23(26)17-22-28(27)29/h6,10-22,32H,1,7-9H2,2-5H3. The molecule has 0 bridgehead atoms. The van der Waals surface area contributed by atoms with Crippen LogP contribution in [0.15, 0.2) is 91.5 Å². The molecule has 0 aliphatic rings. The highest BCUT2D eigenvalue weighted by Crippen LogP contribution is 2.38. The highest BCUT2D eigenvalue weighted by atomic mass is 15.0. The van der Waals surface area contributed by atoms with E-state index in [2.05, 4.69) is 125 Å². The van der Waals surface area contributed by atoms with E-state index in [0.717, 1.165) is 19.3 Å². The summed E-state index contributed by atoms with van der Waals surface area (Å²) < 4.78 is 0. The normalized spacial score (nSPS) is 13.8. The highest BCUT2D eigenvalue weighted by Gasteiger charge is 2.30. The number of anilines is 1. The Hall–Kier alpha value is -3.06. The van der Waals surface area contributed by atoms with Gasteiger partial charge in [-0.3, -0.25) is 0 Å². The van der Waals surface area contributed by atoms with Crippen molar-refractivity contribution in [1.82, 2.24) is 0 Å². The highest BCUT2D eigenvalue weighted by molar-refractivity contribution is 6.11. The molecule has 0 aromatic heterocycles. The predicted octanol–water partition coefficient (Wildman–Crippen LogP) is 8.97. The zero-order valence-electron chi connectivity index (χ0n) is 19.9. The number of benzene rings is 4. The quantitative estimate of drug-likeness (QED) is 0.221. The van der Waals surface area contributed by atoms with Crippen LogP contribution in [-0.2, 0) is 11.0 Å². The molecule has 0 amide bonds. The van der Waals surface area contributed by atoms with Crippen LogP contribution in [0.3, 0.4) is 0 Å². The fourth-order valence-corrected chi connectivity index (χ4v) is 4.95. The topological polar surface area (TPSA) is 12.0 Å². The molecule has 0 saturated carbocycles. The van der Waals surface area contributed by atoms with Crippen molar-refractivity contribution in [2.75, 3.05) is 5.32 Å². The molecule has 1 N–H and O–H groups in total. The summed E-state index contributed by atoms with van der Waals surface area (Å²) in [6.45, 7) is 13.1. The van der Waals surface area contributed by atoms with Gasteiger partial charge in [0.25, 0.3) is 0 Å². The summed E-state index contributed by atoms with van der Waals surface area (Å²) in [5.41, 5.74) is 3.77. The minimum Gasteiger partial charge on any atom is -0.375 e. The van der Waals surface area contributed by atoms with Crippen molar-refractivity contribution >= 4 is 27.2 Å². The van der Waals surface area contributed by atoms with E-state index in [-0.39, 0.29) is 11.0 Å². The Balaban J connectivity index is 1.78. The molecule has 4 aromatic carbocycles. The van der Waals surface area contributed by atoms with Crippen LogP contribution < -0.4 is 5.32 Å². The average Bonchev–Trinajstić information content (AvgIpc) is 2.87. The summed E-state index contributed by atoms with van der Waals surface area (Å²) in [5.74, 6) is 0. The minimum atomic E-state index is -0.116. The number of rotatable bonds is 8. The first-order valence-corrected chi connectivity index (χ1v) is 11.9. The van der Waals surface area contributed by atoms with Crippen LogP contribution >= 0.6 is 0 Å². The monoisotopic (exact) mass is 421 g/mol. The molecule has 0 radical (unpaired) electrons. The van der Waals surface area contributed by atoms with E-state index >= 15 is 0 Å². The molecule has 1 nitrogen and oxygen atoms in total. The Morgan fingerprint density at radius 2 is 1.34 bits per heavy atom. The second-order valence-corrected chi connectivity index (χ2v) is 9.15. The molecule has 4 rings (SSSR count). The third-order valence-electron chi connectivity index (χ3n) is 7.65. The smallest absolute Gasteiger partial charge is 0.0620 e. The fraction of sp³-hybridized carbons (Fsp3) is 0.290. The SMILES string of the molecule is C=CC(C)(CC)c1ccc(C(CC)(CC)Nc2cccc3c2ccc2ccccc23)cc1. The Kier molecular flexibility index (Phi) is 6.11. The summed E-state index contributed by atoms with van der Waals surface area (Å²) in [4.78, 5) is 0. The third-order valence-corrected chi connectivity index (χ3v) is 7.65. The number of allylic oxidation sites excluding steroid dienone is 1. The summed E-state index contributed by atoms with van der Waals surface area (Å²) in [6, 6.07) is 29.0. The van der Waals surface area contributed by atoms with Gasteiger partial charge in [-0.2, -0.15) is 0 Å². The first kappa shape index (κ1) is 22.1. The number of fused-ring (bicyclic) bond motifs is 3. The lowest BCUT2D eigenvalue weighted by molar-refractivity contribution is 0.454. The van der Waals surface area contributed by atoms with E-state index in [1.165, 1.54) is 38.4 Å². The predicted molar refractivity (Wildman–Crippen MR) is 142 cm³/mol. The Morgan fingerprint density at radius 3 is 2.00 bits per heavy atom. The summed E-state index contributed by atoms with van der Waals surface area (Å²) in [5, 5.41) is 9.15. The van der Waals surface area contributed by atoms with Gasteiger partial charge in [-0.15, -0.1) is 6.58 Å². The Labute approximate surface area is 193 Å². The van der Waals surface area contributed by atoms with Crippen LogP contribution in [0.1, 0.15) is 58.1 Å². The lowest BCUT2D eigenvalue weighted by Gasteiger charge is -2.36. The maximum Gasteiger partial charge on any atom is 0.0620 e. The van der Waals surface area contributed by atoms with Gasteiger partial charge >= 0.3 is 0 Å². The Morgan fingerprint density at radius 1 is 0.688 bits per heavy atom. The van der Waals surface area contributed by atoms with Gasteiger partial charge in [0.15, 0.2) is 0 Å². The third kappa shape index (κ3) is 3.71. The minimum absolute atomic E-state index is 0.0176. The van der Waals surface area contributed by atoms with E-state index in [4.69, 9.17) is 0 Å².